The van der Waals surface area contributed by atoms with E-state index in [-0.39, 0.29) is 17.9 Å². The fraction of sp³-hybridized carbons (Fsp3) is 0.467. The molecule has 0 spiro atoms. The van der Waals surface area contributed by atoms with Crippen molar-refractivity contribution in [1.82, 2.24) is 4.90 Å². The molecule has 2 aliphatic heterocycles. The monoisotopic (exact) mass is 343 g/mol. The summed E-state index contributed by atoms with van der Waals surface area (Å²) in [6, 6.07) is 3.38. The number of fused-ring (bicyclic) bond motifs is 1. The molecule has 0 radical (unpaired) electrons. The number of aliphatic carboxylic acids is 1. The molecule has 1 amide bonds. The maximum atomic E-state index is 12.2. The van der Waals surface area contributed by atoms with Crippen molar-refractivity contribution in [2.24, 2.45) is 5.92 Å². The minimum atomic E-state index is -1.05. The Balaban J connectivity index is 1.88. The number of carbonyl (C=O) groups excluding carboxylic acids is 1. The lowest BCUT2D eigenvalue weighted by molar-refractivity contribution is -0.147. The highest BCUT2D eigenvalue weighted by Crippen LogP contribution is 2.46. The molecule has 1 N–H and O–H groups in total. The van der Waals surface area contributed by atoms with E-state index in [1.807, 2.05) is 0 Å². The molecule has 2 saturated heterocycles. The highest BCUT2D eigenvalue weighted by atomic mass is 35.5. The van der Waals surface area contributed by atoms with Crippen LogP contribution in [-0.4, -0.2) is 41.6 Å². The second-order valence-electron chi connectivity index (χ2n) is 5.68. The van der Waals surface area contributed by atoms with Crippen molar-refractivity contribution in [2.75, 3.05) is 13.7 Å². The summed E-state index contributed by atoms with van der Waals surface area (Å²) < 4.78 is 5.36. The van der Waals surface area contributed by atoms with Crippen LogP contribution in [-0.2, 0) is 9.59 Å². The van der Waals surface area contributed by atoms with Crippen molar-refractivity contribution >= 4 is 35.1 Å². The molecule has 1 aromatic rings. The first kappa shape index (κ1) is 15.4. The van der Waals surface area contributed by atoms with Gasteiger partial charge < -0.3 is 14.7 Å². The van der Waals surface area contributed by atoms with Crippen molar-refractivity contribution in [1.29, 1.82) is 0 Å². The van der Waals surface area contributed by atoms with Gasteiger partial charge in [0.15, 0.2) is 0 Å². The number of carboxylic acid groups (broad SMARTS) is 1. The second-order valence-corrected chi connectivity index (χ2v) is 6.47. The van der Waals surface area contributed by atoms with Gasteiger partial charge in [0.1, 0.15) is 11.7 Å². The zero-order valence-corrected chi connectivity index (χ0v) is 13.4. The summed E-state index contributed by atoms with van der Waals surface area (Å²) in [5.41, 5.74) is 0.797. The van der Waals surface area contributed by atoms with Gasteiger partial charge in [0.25, 0.3) is 0 Å². The third-order valence-corrected chi connectivity index (χ3v) is 5.34. The Kier molecular flexibility index (Phi) is 3.95. The standard InChI is InChI=1S/C15H15Cl2NO4/c1-22-11-3-2-10(16)13(17)12(11)7-4-8-5-9(15(20)21)14(19)18(8)6-7/h2-3,7-9H,4-6H2,1H3,(H,20,21)/t7-,8?,9?/m0/s1. The lowest BCUT2D eigenvalue weighted by Crippen LogP contribution is -2.31. The number of ether oxygens (including phenoxy) is 1. The highest BCUT2D eigenvalue weighted by Gasteiger charge is 2.49. The first-order chi connectivity index (χ1) is 10.4. The number of nitrogens with zero attached hydrogens (tertiary/aromatic N) is 1. The molecular weight excluding hydrogens is 329 g/mol. The maximum absolute atomic E-state index is 12.2. The zero-order valence-electron chi connectivity index (χ0n) is 11.9. The average Bonchev–Trinajstić information content (AvgIpc) is 3.01. The number of hydrogen-bond donors (Lipinski definition) is 1. The molecular formula is C15H15Cl2NO4. The largest absolute Gasteiger partial charge is 0.496 e. The van der Waals surface area contributed by atoms with Crippen molar-refractivity contribution in [2.45, 2.75) is 24.8 Å². The van der Waals surface area contributed by atoms with Gasteiger partial charge in [-0.3, -0.25) is 9.59 Å². The maximum Gasteiger partial charge on any atom is 0.316 e. The molecule has 5 nitrogen and oxygen atoms in total. The average molecular weight is 344 g/mol. The third kappa shape index (κ3) is 2.32. The van der Waals surface area contributed by atoms with E-state index in [1.165, 1.54) is 0 Å². The van der Waals surface area contributed by atoms with Gasteiger partial charge in [-0.05, 0) is 25.0 Å². The summed E-state index contributed by atoms with van der Waals surface area (Å²) in [4.78, 5) is 24.9. The molecule has 0 aliphatic carbocycles. The molecule has 7 heteroatoms. The molecule has 2 aliphatic rings. The van der Waals surface area contributed by atoms with Gasteiger partial charge in [0.2, 0.25) is 5.91 Å². The predicted molar refractivity (Wildman–Crippen MR) is 81.6 cm³/mol. The fourth-order valence-electron chi connectivity index (χ4n) is 3.51. The number of rotatable bonds is 3. The van der Waals surface area contributed by atoms with Crippen LogP contribution >= 0.6 is 23.2 Å². The third-order valence-electron chi connectivity index (χ3n) is 4.52. The molecule has 0 bridgehead atoms. The number of methoxy groups -OCH3 is 1. The normalized spacial score (nSPS) is 27.1. The van der Waals surface area contributed by atoms with Crippen LogP contribution in [0, 0.1) is 5.92 Å². The summed E-state index contributed by atoms with van der Waals surface area (Å²) >= 11 is 12.4. The number of hydrogen-bond acceptors (Lipinski definition) is 3. The van der Waals surface area contributed by atoms with Crippen LogP contribution in [0.25, 0.3) is 0 Å². The van der Waals surface area contributed by atoms with E-state index in [9.17, 15) is 9.59 Å². The number of halogens is 2. The van der Waals surface area contributed by atoms with Gasteiger partial charge >= 0.3 is 5.97 Å². The van der Waals surface area contributed by atoms with Crippen LogP contribution in [0.3, 0.4) is 0 Å². The Morgan fingerprint density at radius 1 is 1.36 bits per heavy atom. The van der Waals surface area contributed by atoms with Gasteiger partial charge in [-0.1, -0.05) is 23.2 Å². The molecule has 22 heavy (non-hydrogen) atoms. The van der Waals surface area contributed by atoms with E-state index in [0.717, 1.165) is 5.56 Å². The van der Waals surface area contributed by atoms with E-state index < -0.39 is 11.9 Å². The summed E-state index contributed by atoms with van der Waals surface area (Å²) in [6.07, 6.45) is 1.02. The summed E-state index contributed by atoms with van der Waals surface area (Å²) in [7, 11) is 1.56. The van der Waals surface area contributed by atoms with E-state index in [2.05, 4.69) is 0 Å². The Labute approximate surface area is 137 Å². The van der Waals surface area contributed by atoms with Crippen LogP contribution in [0.1, 0.15) is 24.3 Å². The molecule has 3 rings (SSSR count). The lowest BCUT2D eigenvalue weighted by atomic mass is 9.92. The Hall–Kier alpha value is -1.46. The molecule has 1 aromatic carbocycles. The Morgan fingerprint density at radius 3 is 2.68 bits per heavy atom. The van der Waals surface area contributed by atoms with E-state index in [4.69, 9.17) is 33.0 Å². The van der Waals surface area contributed by atoms with Crippen LogP contribution in [0.2, 0.25) is 10.0 Å². The highest BCUT2D eigenvalue weighted by molar-refractivity contribution is 6.42. The quantitative estimate of drug-likeness (QED) is 0.857. The van der Waals surface area contributed by atoms with Gasteiger partial charge in [0.05, 0.1) is 17.2 Å². The van der Waals surface area contributed by atoms with E-state index in [1.54, 1.807) is 24.1 Å². The zero-order chi connectivity index (χ0) is 16.0. The van der Waals surface area contributed by atoms with Gasteiger partial charge in [-0.2, -0.15) is 0 Å². The fourth-order valence-corrected chi connectivity index (χ4v) is 3.98. The smallest absolute Gasteiger partial charge is 0.316 e. The summed E-state index contributed by atoms with van der Waals surface area (Å²) in [6.45, 7) is 0.448. The minimum absolute atomic E-state index is 0.00449. The van der Waals surface area contributed by atoms with Crippen molar-refractivity contribution in [3.05, 3.63) is 27.7 Å². The van der Waals surface area contributed by atoms with Gasteiger partial charge in [-0.25, -0.2) is 0 Å². The first-order valence-corrected chi connectivity index (χ1v) is 7.74. The van der Waals surface area contributed by atoms with Crippen LogP contribution in [0.4, 0.5) is 0 Å². The second kappa shape index (κ2) is 5.63. The number of amides is 1. The molecule has 3 atom stereocenters. The molecule has 2 unspecified atom stereocenters. The van der Waals surface area contributed by atoms with Crippen LogP contribution in [0.5, 0.6) is 5.75 Å². The van der Waals surface area contributed by atoms with Crippen LogP contribution < -0.4 is 4.74 Å². The molecule has 0 aromatic heterocycles. The number of benzene rings is 1. The summed E-state index contributed by atoms with van der Waals surface area (Å²) in [5.74, 6) is -1.62. The van der Waals surface area contributed by atoms with E-state index in [0.29, 0.717) is 35.2 Å². The summed E-state index contributed by atoms with van der Waals surface area (Å²) in [5, 5.41) is 9.96. The van der Waals surface area contributed by atoms with Crippen molar-refractivity contribution in [3.63, 3.8) is 0 Å². The van der Waals surface area contributed by atoms with E-state index >= 15 is 0 Å². The Bertz CT molecular complexity index is 649. The van der Waals surface area contributed by atoms with Crippen LogP contribution in [0.15, 0.2) is 12.1 Å². The SMILES string of the molecule is COc1ccc(Cl)c(Cl)c1[C@H]1CC2CC(C(=O)O)C(=O)N2C1. The molecule has 2 fully saturated rings. The number of carboxylic acids is 1. The molecule has 0 saturated carbocycles. The van der Waals surface area contributed by atoms with Gasteiger partial charge in [-0.15, -0.1) is 0 Å². The Morgan fingerprint density at radius 2 is 2.09 bits per heavy atom. The minimum Gasteiger partial charge on any atom is -0.496 e. The molecule has 2 heterocycles. The predicted octanol–water partition coefficient (Wildman–Crippen LogP) is 2.79. The lowest BCUT2D eigenvalue weighted by Gasteiger charge is -2.19. The first-order valence-electron chi connectivity index (χ1n) is 6.99. The van der Waals surface area contributed by atoms with Crippen molar-refractivity contribution < 1.29 is 19.4 Å². The topological polar surface area (TPSA) is 66.8 Å². The molecule has 118 valence electrons. The number of carbonyl (C=O) groups is 2. The van der Waals surface area contributed by atoms with Crippen molar-refractivity contribution in [3.8, 4) is 5.75 Å². The van der Waals surface area contributed by atoms with Gasteiger partial charge in [0, 0.05) is 24.1 Å².